The molecule has 96 valence electrons. The zero-order chi connectivity index (χ0) is 13.0. The molecule has 0 N–H and O–H groups in total. The molecule has 2 aromatic rings. The summed E-state index contributed by atoms with van der Waals surface area (Å²) in [6.07, 6.45) is -4.09. The monoisotopic (exact) mass is 368 g/mol. The first-order chi connectivity index (χ1) is 8.56. The zero-order valence-corrected chi connectivity index (χ0v) is 12.1. The molecule has 0 saturated heterocycles. The fourth-order valence-electron chi connectivity index (χ4n) is 1.73. The van der Waals surface area contributed by atoms with Gasteiger partial charge in [0, 0.05) is 0 Å². The second-order valence-electron chi connectivity index (χ2n) is 3.87. The first kappa shape index (κ1) is 13.5. The molecule has 0 fully saturated rings. The number of halogens is 3. The Hall–Kier alpha value is -0.980. The number of hydrogen-bond acceptors (Lipinski definition) is 0. The summed E-state index contributed by atoms with van der Waals surface area (Å²) in [5.41, 5.74) is 0. The van der Waals surface area contributed by atoms with Gasteiger partial charge in [0.15, 0.2) is 0 Å². The van der Waals surface area contributed by atoms with Crippen molar-refractivity contribution in [2.75, 3.05) is 0 Å². The quantitative estimate of drug-likeness (QED) is 0.733. The van der Waals surface area contributed by atoms with Crippen LogP contribution in [-0.2, 0) is 0 Å². The molecule has 2 aromatic carbocycles. The van der Waals surface area contributed by atoms with Gasteiger partial charge < -0.3 is 0 Å². The van der Waals surface area contributed by atoms with Gasteiger partial charge in [-0.05, 0) is 0 Å². The summed E-state index contributed by atoms with van der Waals surface area (Å²) in [5, 5.41) is 0. The Bertz CT molecular complexity index is 440. The SMILES string of the molecule is FC(F)(F)C[TeH](c1ccccc1)c1ccccc1. The molecule has 0 nitrogen and oxygen atoms in total. The number of hydrogen-bond donors (Lipinski definition) is 0. The first-order valence-electron chi connectivity index (χ1n) is 5.51. The maximum atomic E-state index is 12.7. The second kappa shape index (κ2) is 5.77. The predicted octanol–water partition coefficient (Wildman–Crippen LogP) is 2.59. The molecule has 0 radical (unpaired) electrons. The van der Waals surface area contributed by atoms with Gasteiger partial charge in [-0.2, -0.15) is 0 Å². The van der Waals surface area contributed by atoms with E-state index in [0.717, 1.165) is 7.22 Å². The van der Waals surface area contributed by atoms with Crippen molar-refractivity contribution in [3.8, 4) is 0 Å². The molecule has 0 unspecified atom stereocenters. The van der Waals surface area contributed by atoms with Crippen molar-refractivity contribution >= 4 is 26.8 Å². The van der Waals surface area contributed by atoms with Crippen LogP contribution in [0.4, 0.5) is 13.2 Å². The van der Waals surface area contributed by atoms with Crippen molar-refractivity contribution in [1.29, 1.82) is 0 Å². The van der Waals surface area contributed by atoms with Crippen molar-refractivity contribution < 1.29 is 13.2 Å². The van der Waals surface area contributed by atoms with E-state index in [1.54, 1.807) is 0 Å². The number of alkyl halides is 3. The van der Waals surface area contributed by atoms with Crippen LogP contribution in [-0.4, -0.2) is 25.7 Å². The third-order valence-corrected chi connectivity index (χ3v) is 9.66. The fraction of sp³-hybridized carbons (Fsp3) is 0.143. The minimum absolute atomic E-state index is 0.649. The van der Waals surface area contributed by atoms with E-state index in [2.05, 4.69) is 0 Å². The van der Waals surface area contributed by atoms with Crippen LogP contribution in [0.15, 0.2) is 60.7 Å². The van der Waals surface area contributed by atoms with E-state index in [1.807, 2.05) is 60.7 Å². The van der Waals surface area contributed by atoms with Crippen LogP contribution in [0.25, 0.3) is 0 Å². The van der Waals surface area contributed by atoms with Gasteiger partial charge in [0.05, 0.1) is 0 Å². The summed E-state index contributed by atoms with van der Waals surface area (Å²) in [7, 11) is 0. The van der Waals surface area contributed by atoms with Gasteiger partial charge in [0.25, 0.3) is 0 Å². The molecule has 0 aliphatic carbocycles. The van der Waals surface area contributed by atoms with Crippen molar-refractivity contribution in [1.82, 2.24) is 0 Å². The predicted molar refractivity (Wildman–Crippen MR) is 70.2 cm³/mol. The van der Waals surface area contributed by atoms with Gasteiger partial charge in [-0.25, -0.2) is 0 Å². The average Bonchev–Trinajstić information content (AvgIpc) is 2.37. The molecule has 0 aromatic heterocycles. The molecule has 0 aliphatic rings. The average molecular weight is 366 g/mol. The molecular formula is C14H13F3Te. The Balaban J connectivity index is 2.36. The third-order valence-electron chi connectivity index (χ3n) is 2.47. The molecule has 0 saturated carbocycles. The van der Waals surface area contributed by atoms with Gasteiger partial charge in [-0.15, -0.1) is 0 Å². The number of benzene rings is 2. The van der Waals surface area contributed by atoms with Crippen molar-refractivity contribution in [3.63, 3.8) is 0 Å². The van der Waals surface area contributed by atoms with Gasteiger partial charge >= 0.3 is 111 Å². The maximum absolute atomic E-state index is 12.7. The second-order valence-corrected chi connectivity index (χ2v) is 10.2. The molecule has 0 bridgehead atoms. The van der Waals surface area contributed by atoms with E-state index in [0.29, 0.717) is 0 Å². The van der Waals surface area contributed by atoms with Crippen LogP contribution in [0.1, 0.15) is 0 Å². The van der Waals surface area contributed by atoms with E-state index >= 15 is 0 Å². The van der Waals surface area contributed by atoms with E-state index in [-0.39, 0.29) is 0 Å². The van der Waals surface area contributed by atoms with E-state index < -0.39 is 30.2 Å². The Labute approximate surface area is 111 Å². The van der Waals surface area contributed by atoms with Crippen molar-refractivity contribution in [3.05, 3.63) is 60.7 Å². The summed E-state index contributed by atoms with van der Waals surface area (Å²) in [5.74, 6) is 0. The molecule has 0 amide bonds. The molecular weight excluding hydrogens is 353 g/mol. The molecule has 0 spiro atoms. The molecule has 2 rings (SSSR count). The summed E-state index contributed by atoms with van der Waals surface area (Å²) >= 11 is -2.70. The molecule has 0 heterocycles. The topological polar surface area (TPSA) is 0 Å². The van der Waals surface area contributed by atoms with Crippen molar-refractivity contribution in [2.45, 2.75) is 10.6 Å². The summed E-state index contributed by atoms with van der Waals surface area (Å²) in [6, 6.07) is 18.2. The Morgan fingerprint density at radius 2 is 1.11 bits per heavy atom. The molecule has 0 atom stereocenters. The van der Waals surface area contributed by atoms with Crippen LogP contribution in [0.3, 0.4) is 0 Å². The van der Waals surface area contributed by atoms with Crippen LogP contribution < -0.4 is 7.22 Å². The normalized spacial score (nSPS) is 12.3. The number of rotatable bonds is 3. The van der Waals surface area contributed by atoms with Crippen LogP contribution in [0.5, 0.6) is 0 Å². The van der Waals surface area contributed by atoms with Crippen LogP contribution >= 0.6 is 0 Å². The summed E-state index contributed by atoms with van der Waals surface area (Å²) < 4.78 is 39.3. The van der Waals surface area contributed by atoms with E-state index in [9.17, 15) is 13.2 Å². The molecule has 0 aliphatic heterocycles. The van der Waals surface area contributed by atoms with Gasteiger partial charge in [0.1, 0.15) is 0 Å². The van der Waals surface area contributed by atoms with E-state index in [4.69, 9.17) is 0 Å². The van der Waals surface area contributed by atoms with Gasteiger partial charge in [-0.1, -0.05) is 0 Å². The zero-order valence-electron chi connectivity index (χ0n) is 9.56. The molecule has 18 heavy (non-hydrogen) atoms. The first-order valence-corrected chi connectivity index (χ1v) is 9.86. The molecule has 4 heteroatoms. The Morgan fingerprint density at radius 1 is 0.722 bits per heavy atom. The minimum atomic E-state index is -4.09. The van der Waals surface area contributed by atoms with Gasteiger partial charge in [0.2, 0.25) is 0 Å². The Kier molecular flexibility index (Phi) is 4.31. The summed E-state index contributed by atoms with van der Waals surface area (Å²) in [6.45, 7) is 0. The standard InChI is InChI=1S/C14H13F3Te/c15-14(16,17)11-18(12-7-3-1-4-8-12)13-9-5-2-6-10-13/h1-10,18H,11H2. The third kappa shape index (κ3) is 3.76. The summed E-state index contributed by atoms with van der Waals surface area (Å²) in [4.78, 5) is 0. The van der Waals surface area contributed by atoms with Gasteiger partial charge in [-0.3, -0.25) is 0 Å². The Morgan fingerprint density at radius 3 is 1.44 bits per heavy atom. The fourth-order valence-corrected chi connectivity index (χ4v) is 7.68. The van der Waals surface area contributed by atoms with E-state index in [1.165, 1.54) is 0 Å². The van der Waals surface area contributed by atoms with Crippen molar-refractivity contribution in [2.24, 2.45) is 0 Å². The van der Waals surface area contributed by atoms with Crippen LogP contribution in [0, 0.1) is 0 Å². The van der Waals surface area contributed by atoms with Crippen LogP contribution in [0.2, 0.25) is 4.47 Å².